The van der Waals surface area contributed by atoms with Gasteiger partial charge in [0.2, 0.25) is 0 Å². The molecule has 0 bridgehead atoms. The first-order valence-electron chi connectivity index (χ1n) is 8.16. The van der Waals surface area contributed by atoms with E-state index in [2.05, 4.69) is 37.2 Å². The number of fused-ring (bicyclic) bond motifs is 1. The number of hydrogen-bond acceptors (Lipinski definition) is 5. The fourth-order valence-corrected chi connectivity index (χ4v) is 3.71. The molecule has 4 rings (SSSR count). The van der Waals surface area contributed by atoms with E-state index in [0.717, 1.165) is 36.4 Å². The second-order valence-corrected chi connectivity index (χ2v) is 6.76. The summed E-state index contributed by atoms with van der Waals surface area (Å²) in [4.78, 5) is 17.9. The molecule has 1 fully saturated rings. The van der Waals surface area contributed by atoms with Crippen LogP contribution >= 0.6 is 11.6 Å². The fraction of sp³-hybridized carbons (Fsp3) is 0.353. The van der Waals surface area contributed by atoms with E-state index >= 15 is 0 Å². The zero-order valence-electron chi connectivity index (χ0n) is 13.7. The quantitative estimate of drug-likeness (QED) is 0.747. The number of likely N-dealkylation sites (tertiary alicyclic amines) is 1. The molecule has 3 heterocycles. The van der Waals surface area contributed by atoms with Crippen molar-refractivity contribution in [2.24, 2.45) is 5.92 Å². The van der Waals surface area contributed by atoms with Gasteiger partial charge in [-0.15, -0.1) is 0 Å². The highest BCUT2D eigenvalue weighted by molar-refractivity contribution is 6.30. The van der Waals surface area contributed by atoms with Crippen LogP contribution in [-0.4, -0.2) is 45.0 Å². The molecule has 1 aliphatic heterocycles. The van der Waals surface area contributed by atoms with Crippen LogP contribution in [0, 0.1) is 11.7 Å². The third-order valence-corrected chi connectivity index (χ3v) is 5.12. The third-order valence-electron chi connectivity index (χ3n) is 4.81. The van der Waals surface area contributed by atoms with Gasteiger partial charge in [0.05, 0.1) is 11.3 Å². The van der Waals surface area contributed by atoms with E-state index in [9.17, 15) is 4.39 Å². The summed E-state index contributed by atoms with van der Waals surface area (Å²) in [5.41, 5.74) is 2.38. The summed E-state index contributed by atoms with van der Waals surface area (Å²) in [6.07, 6.45) is 4.13. The largest absolute Gasteiger partial charge is 0.368 e. The zero-order chi connectivity index (χ0) is 17.4. The molecule has 3 aromatic rings. The molecule has 1 aromatic carbocycles. The minimum atomic E-state index is -0.374. The molecule has 1 aliphatic rings. The molecule has 25 heavy (non-hydrogen) atoms. The van der Waals surface area contributed by atoms with E-state index in [1.54, 1.807) is 18.5 Å². The highest BCUT2D eigenvalue weighted by Crippen LogP contribution is 2.37. The Hall–Kier alpha value is -2.25. The summed E-state index contributed by atoms with van der Waals surface area (Å²) in [6.45, 7) is 1.69. The lowest BCUT2D eigenvalue weighted by Gasteiger charge is -2.26. The standard InChI is InChI=1S/C17H18ClFN6/c1-25-5-4-11(15(25)10-2-3-12(18)13(19)6-10)7-20-16-14-17(22-8-21-14)24-9-23-16/h2-3,6,8-9,11,15H,4-5,7H2,1H3,(H2,20,21,22,23,24). The lowest BCUT2D eigenvalue weighted by molar-refractivity contribution is 0.281. The molecule has 2 aromatic heterocycles. The molecule has 2 N–H and O–H groups in total. The number of halogens is 2. The van der Waals surface area contributed by atoms with Gasteiger partial charge in [-0.3, -0.25) is 4.90 Å². The van der Waals surface area contributed by atoms with Gasteiger partial charge in [-0.05, 0) is 43.6 Å². The van der Waals surface area contributed by atoms with Gasteiger partial charge in [0, 0.05) is 12.6 Å². The topological polar surface area (TPSA) is 69.7 Å². The van der Waals surface area contributed by atoms with Gasteiger partial charge in [-0.2, -0.15) is 0 Å². The molecule has 6 nitrogen and oxygen atoms in total. The number of nitrogens with zero attached hydrogens (tertiary/aromatic N) is 4. The monoisotopic (exact) mass is 360 g/mol. The molecule has 2 atom stereocenters. The second-order valence-electron chi connectivity index (χ2n) is 6.35. The summed E-state index contributed by atoms with van der Waals surface area (Å²) >= 11 is 5.82. The number of anilines is 1. The second kappa shape index (κ2) is 6.57. The van der Waals surface area contributed by atoms with Crippen LogP contribution in [0.4, 0.5) is 10.2 Å². The molecule has 2 unspecified atom stereocenters. The van der Waals surface area contributed by atoms with Gasteiger partial charge in [0.15, 0.2) is 11.5 Å². The van der Waals surface area contributed by atoms with Gasteiger partial charge in [0.1, 0.15) is 17.7 Å². The Morgan fingerprint density at radius 1 is 1.36 bits per heavy atom. The Balaban J connectivity index is 1.54. The summed E-state index contributed by atoms with van der Waals surface area (Å²) < 4.78 is 13.9. The summed E-state index contributed by atoms with van der Waals surface area (Å²) in [5.74, 6) is 0.692. The molecular weight excluding hydrogens is 343 g/mol. The summed E-state index contributed by atoms with van der Waals surface area (Å²) in [7, 11) is 2.06. The maximum atomic E-state index is 13.9. The first kappa shape index (κ1) is 16.2. The number of aromatic nitrogens is 4. The van der Waals surface area contributed by atoms with Crippen LogP contribution in [-0.2, 0) is 0 Å². The Labute approximate surface area is 149 Å². The van der Waals surface area contributed by atoms with Crippen molar-refractivity contribution < 1.29 is 4.39 Å². The van der Waals surface area contributed by atoms with Gasteiger partial charge in [-0.1, -0.05) is 17.7 Å². The van der Waals surface area contributed by atoms with Crippen LogP contribution in [0.5, 0.6) is 0 Å². The summed E-state index contributed by atoms with van der Waals surface area (Å²) in [6, 6.07) is 5.21. The molecule has 1 saturated heterocycles. The fourth-order valence-electron chi connectivity index (χ4n) is 3.59. The molecule has 0 saturated carbocycles. The number of aromatic amines is 1. The number of nitrogens with one attached hydrogen (secondary N) is 2. The predicted molar refractivity (Wildman–Crippen MR) is 95.1 cm³/mol. The van der Waals surface area contributed by atoms with E-state index in [-0.39, 0.29) is 16.9 Å². The molecular formula is C17H18ClFN6. The van der Waals surface area contributed by atoms with Crippen molar-refractivity contribution in [2.75, 3.05) is 25.5 Å². The van der Waals surface area contributed by atoms with Crippen LogP contribution in [0.1, 0.15) is 18.0 Å². The van der Waals surface area contributed by atoms with E-state index in [1.165, 1.54) is 6.33 Å². The molecule has 8 heteroatoms. The highest BCUT2D eigenvalue weighted by atomic mass is 35.5. The SMILES string of the molecule is CN1CCC(CNc2ncnc3nc[nH]c23)C1c1ccc(Cl)c(F)c1. The van der Waals surface area contributed by atoms with Crippen LogP contribution in [0.2, 0.25) is 5.02 Å². The number of H-pyrrole nitrogens is 1. The molecule has 0 spiro atoms. The van der Waals surface area contributed by atoms with Crippen molar-refractivity contribution in [3.05, 3.63) is 47.3 Å². The maximum Gasteiger partial charge on any atom is 0.182 e. The summed E-state index contributed by atoms with van der Waals surface area (Å²) in [5, 5.41) is 3.55. The van der Waals surface area contributed by atoms with Crippen molar-refractivity contribution in [2.45, 2.75) is 12.5 Å². The minimum Gasteiger partial charge on any atom is -0.368 e. The zero-order valence-corrected chi connectivity index (χ0v) is 14.5. The van der Waals surface area contributed by atoms with Crippen LogP contribution in [0.3, 0.4) is 0 Å². The van der Waals surface area contributed by atoms with E-state index in [1.807, 2.05) is 6.07 Å². The Morgan fingerprint density at radius 2 is 2.24 bits per heavy atom. The van der Waals surface area contributed by atoms with Crippen molar-refractivity contribution >= 4 is 28.6 Å². The van der Waals surface area contributed by atoms with Crippen LogP contribution in [0.15, 0.2) is 30.9 Å². The van der Waals surface area contributed by atoms with Crippen molar-refractivity contribution in [1.29, 1.82) is 0 Å². The van der Waals surface area contributed by atoms with Crippen molar-refractivity contribution in [1.82, 2.24) is 24.8 Å². The number of hydrogen-bond donors (Lipinski definition) is 2. The van der Waals surface area contributed by atoms with Gasteiger partial charge in [-0.25, -0.2) is 19.3 Å². The van der Waals surface area contributed by atoms with Gasteiger partial charge >= 0.3 is 0 Å². The molecule has 0 radical (unpaired) electrons. The van der Waals surface area contributed by atoms with Crippen molar-refractivity contribution in [3.8, 4) is 0 Å². The number of rotatable bonds is 4. The predicted octanol–water partition coefficient (Wildman–Crippen LogP) is 3.25. The molecule has 0 aliphatic carbocycles. The van der Waals surface area contributed by atoms with Gasteiger partial charge < -0.3 is 10.3 Å². The smallest absolute Gasteiger partial charge is 0.182 e. The average Bonchev–Trinajstić information content (AvgIpc) is 3.22. The highest BCUT2D eigenvalue weighted by Gasteiger charge is 2.33. The first-order chi connectivity index (χ1) is 12.1. The lowest BCUT2D eigenvalue weighted by Crippen LogP contribution is -2.25. The Bertz CT molecular complexity index is 898. The molecule has 0 amide bonds. The Kier molecular flexibility index (Phi) is 4.27. The lowest BCUT2D eigenvalue weighted by atomic mass is 9.93. The minimum absolute atomic E-state index is 0.137. The van der Waals surface area contributed by atoms with Crippen LogP contribution < -0.4 is 5.32 Å². The normalized spacial score (nSPS) is 21.1. The first-order valence-corrected chi connectivity index (χ1v) is 8.54. The van der Waals surface area contributed by atoms with E-state index in [4.69, 9.17) is 11.6 Å². The molecule has 130 valence electrons. The van der Waals surface area contributed by atoms with Crippen LogP contribution in [0.25, 0.3) is 11.2 Å². The van der Waals surface area contributed by atoms with E-state index < -0.39 is 0 Å². The third kappa shape index (κ3) is 3.05. The van der Waals surface area contributed by atoms with Crippen molar-refractivity contribution in [3.63, 3.8) is 0 Å². The van der Waals surface area contributed by atoms with Gasteiger partial charge in [0.25, 0.3) is 0 Å². The average molecular weight is 361 g/mol. The number of imidazole rings is 1. The maximum absolute atomic E-state index is 13.9. The number of benzene rings is 1. The van der Waals surface area contributed by atoms with E-state index in [0.29, 0.717) is 11.6 Å². The Morgan fingerprint density at radius 3 is 3.08 bits per heavy atom.